The Labute approximate surface area is 136 Å². The van der Waals surface area contributed by atoms with Crippen molar-refractivity contribution in [2.45, 2.75) is 47.5 Å². The monoisotopic (exact) mass is 315 g/mol. The van der Waals surface area contributed by atoms with Gasteiger partial charge in [0.15, 0.2) is 5.96 Å². The minimum Gasteiger partial charge on any atom is -0.396 e. The smallest absolute Gasteiger partial charge is 0.191 e. The van der Waals surface area contributed by atoms with Crippen molar-refractivity contribution >= 4 is 5.96 Å². The maximum Gasteiger partial charge on any atom is 0.191 e. The number of ether oxygens (including phenoxy) is 1. The first-order valence-electron chi connectivity index (χ1n) is 8.70. The van der Waals surface area contributed by atoms with Crippen LogP contribution in [0, 0.1) is 17.8 Å². The fourth-order valence-electron chi connectivity index (χ4n) is 2.26. The zero-order valence-electron chi connectivity index (χ0n) is 15.2. The second-order valence-electron chi connectivity index (χ2n) is 6.62. The van der Waals surface area contributed by atoms with Gasteiger partial charge < -0.3 is 20.5 Å². The molecule has 0 saturated heterocycles. The van der Waals surface area contributed by atoms with E-state index in [9.17, 15) is 0 Å². The summed E-state index contributed by atoms with van der Waals surface area (Å²) in [6, 6.07) is 0. The lowest BCUT2D eigenvalue weighted by molar-refractivity contribution is 0.114. The highest BCUT2D eigenvalue weighted by Crippen LogP contribution is 2.15. The molecule has 0 aliphatic heterocycles. The number of nitrogens with one attached hydrogen (secondary N) is 2. The van der Waals surface area contributed by atoms with E-state index in [2.05, 4.69) is 50.2 Å². The van der Waals surface area contributed by atoms with Crippen LogP contribution >= 0.6 is 0 Å². The number of aliphatic hydroxyl groups is 1. The molecule has 0 aromatic carbocycles. The molecule has 22 heavy (non-hydrogen) atoms. The van der Waals surface area contributed by atoms with E-state index in [1.807, 2.05) is 0 Å². The van der Waals surface area contributed by atoms with Gasteiger partial charge in [0.2, 0.25) is 0 Å². The minimum atomic E-state index is 0.236. The lowest BCUT2D eigenvalue weighted by atomic mass is 9.94. The van der Waals surface area contributed by atoms with E-state index >= 15 is 0 Å². The molecule has 0 aromatic rings. The number of guanidine groups is 1. The van der Waals surface area contributed by atoms with Gasteiger partial charge in [-0.1, -0.05) is 27.7 Å². The fourth-order valence-corrected chi connectivity index (χ4v) is 2.26. The number of hydrogen-bond acceptors (Lipinski definition) is 3. The van der Waals surface area contributed by atoms with Gasteiger partial charge in [-0.3, -0.25) is 4.99 Å². The van der Waals surface area contributed by atoms with Gasteiger partial charge in [-0.25, -0.2) is 0 Å². The molecule has 1 atom stereocenters. The molecule has 0 fully saturated rings. The molecule has 5 heteroatoms. The predicted octanol–water partition coefficient (Wildman–Crippen LogP) is 2.26. The van der Waals surface area contributed by atoms with Crippen LogP contribution in [0.4, 0.5) is 0 Å². The van der Waals surface area contributed by atoms with Gasteiger partial charge in [-0.15, -0.1) is 0 Å². The summed E-state index contributed by atoms with van der Waals surface area (Å²) in [6.45, 7) is 14.8. The molecule has 132 valence electrons. The molecule has 0 spiro atoms. The van der Waals surface area contributed by atoms with Crippen molar-refractivity contribution in [3.05, 3.63) is 0 Å². The normalized spacial score (nSPS) is 13.7. The molecule has 1 unspecified atom stereocenters. The first-order valence-corrected chi connectivity index (χ1v) is 8.70. The van der Waals surface area contributed by atoms with Gasteiger partial charge in [0, 0.05) is 32.8 Å². The van der Waals surface area contributed by atoms with E-state index in [4.69, 9.17) is 9.84 Å². The second kappa shape index (κ2) is 13.8. The molecule has 0 aliphatic carbocycles. The quantitative estimate of drug-likeness (QED) is 0.294. The molecule has 0 amide bonds. The fraction of sp³-hybridized carbons (Fsp3) is 0.941. The second-order valence-corrected chi connectivity index (χ2v) is 6.62. The van der Waals surface area contributed by atoms with Crippen molar-refractivity contribution in [3.63, 3.8) is 0 Å². The Morgan fingerprint density at radius 1 is 1.14 bits per heavy atom. The van der Waals surface area contributed by atoms with Gasteiger partial charge in [-0.2, -0.15) is 0 Å². The Hall–Kier alpha value is -0.810. The summed E-state index contributed by atoms with van der Waals surface area (Å²) in [7, 11) is 0. The molecule has 0 aliphatic rings. The number of hydrogen-bond donors (Lipinski definition) is 3. The van der Waals surface area contributed by atoms with Crippen LogP contribution in [-0.4, -0.2) is 50.5 Å². The largest absolute Gasteiger partial charge is 0.396 e. The Kier molecular flexibility index (Phi) is 13.3. The predicted molar refractivity (Wildman–Crippen MR) is 94.3 cm³/mol. The van der Waals surface area contributed by atoms with E-state index in [0.29, 0.717) is 24.4 Å². The van der Waals surface area contributed by atoms with E-state index in [1.165, 1.54) is 0 Å². The van der Waals surface area contributed by atoms with E-state index < -0.39 is 0 Å². The van der Waals surface area contributed by atoms with E-state index in [0.717, 1.165) is 45.0 Å². The molecule has 0 radical (unpaired) electrons. The van der Waals surface area contributed by atoms with Gasteiger partial charge in [0.05, 0.1) is 6.61 Å². The highest BCUT2D eigenvalue weighted by molar-refractivity contribution is 5.79. The van der Waals surface area contributed by atoms with Gasteiger partial charge >= 0.3 is 0 Å². The Bertz CT molecular complexity index is 281. The van der Waals surface area contributed by atoms with E-state index in [-0.39, 0.29) is 6.61 Å². The molecule has 0 aromatic heterocycles. The lowest BCUT2D eigenvalue weighted by Crippen LogP contribution is -2.39. The summed E-state index contributed by atoms with van der Waals surface area (Å²) < 4.78 is 5.56. The number of nitrogens with zero attached hydrogens (tertiary/aromatic N) is 1. The van der Waals surface area contributed by atoms with Crippen molar-refractivity contribution < 1.29 is 9.84 Å². The van der Waals surface area contributed by atoms with Crippen molar-refractivity contribution in [1.82, 2.24) is 10.6 Å². The first kappa shape index (κ1) is 21.2. The highest BCUT2D eigenvalue weighted by atomic mass is 16.5. The van der Waals surface area contributed by atoms with Crippen molar-refractivity contribution in [1.29, 1.82) is 0 Å². The number of rotatable bonds is 12. The third-order valence-electron chi connectivity index (χ3n) is 3.18. The van der Waals surface area contributed by atoms with Crippen LogP contribution in [-0.2, 0) is 4.74 Å². The minimum absolute atomic E-state index is 0.236. The summed E-state index contributed by atoms with van der Waals surface area (Å²) >= 11 is 0. The van der Waals surface area contributed by atoms with Crippen molar-refractivity contribution in [2.24, 2.45) is 22.7 Å². The molecule has 0 rings (SSSR count). The highest BCUT2D eigenvalue weighted by Gasteiger charge is 2.10. The van der Waals surface area contributed by atoms with Crippen LogP contribution < -0.4 is 10.6 Å². The number of aliphatic imine (C=N–C) groups is 1. The summed E-state index contributed by atoms with van der Waals surface area (Å²) in [5, 5.41) is 15.7. The van der Waals surface area contributed by atoms with E-state index in [1.54, 1.807) is 0 Å². The number of aliphatic hydroxyl groups excluding tert-OH is 1. The average Bonchev–Trinajstić information content (AvgIpc) is 2.43. The standard InChI is InChI=1S/C17H37N3O2/c1-6-18-17(19-8-10-22-13-15(4)5)20-12-16(7-9-21)11-14(2)3/h14-16,21H,6-13H2,1-5H3,(H2,18,19,20). The average molecular weight is 316 g/mol. The summed E-state index contributed by atoms with van der Waals surface area (Å²) in [5.41, 5.74) is 0. The van der Waals surface area contributed by atoms with Crippen LogP contribution in [0.25, 0.3) is 0 Å². The Morgan fingerprint density at radius 3 is 2.41 bits per heavy atom. The molecular formula is C17H37N3O2. The van der Waals surface area contributed by atoms with Crippen LogP contribution in [0.2, 0.25) is 0 Å². The molecular weight excluding hydrogens is 278 g/mol. The lowest BCUT2D eigenvalue weighted by Gasteiger charge is -2.17. The van der Waals surface area contributed by atoms with Crippen molar-refractivity contribution in [3.8, 4) is 0 Å². The third-order valence-corrected chi connectivity index (χ3v) is 3.18. The zero-order chi connectivity index (χ0) is 16.8. The SMILES string of the molecule is CCNC(=NCC(CCO)CC(C)C)NCCOCC(C)C. The van der Waals surface area contributed by atoms with Crippen LogP contribution in [0.5, 0.6) is 0 Å². The van der Waals surface area contributed by atoms with Crippen LogP contribution in [0.1, 0.15) is 47.5 Å². The van der Waals surface area contributed by atoms with Gasteiger partial charge in [0.1, 0.15) is 0 Å². The first-order chi connectivity index (χ1) is 10.5. The van der Waals surface area contributed by atoms with Crippen LogP contribution in [0.3, 0.4) is 0 Å². The van der Waals surface area contributed by atoms with Gasteiger partial charge in [-0.05, 0) is 37.5 Å². The summed E-state index contributed by atoms with van der Waals surface area (Å²) in [6.07, 6.45) is 1.92. The van der Waals surface area contributed by atoms with Crippen LogP contribution in [0.15, 0.2) is 4.99 Å². The summed E-state index contributed by atoms with van der Waals surface area (Å²) in [4.78, 5) is 4.65. The van der Waals surface area contributed by atoms with Crippen molar-refractivity contribution in [2.75, 3.05) is 39.5 Å². The molecule has 5 nitrogen and oxygen atoms in total. The maximum absolute atomic E-state index is 9.17. The molecule has 0 saturated carbocycles. The summed E-state index contributed by atoms with van der Waals surface area (Å²) in [5.74, 6) is 2.48. The zero-order valence-corrected chi connectivity index (χ0v) is 15.2. The maximum atomic E-state index is 9.17. The Morgan fingerprint density at radius 2 is 1.86 bits per heavy atom. The molecule has 0 bridgehead atoms. The molecule has 0 heterocycles. The Balaban J connectivity index is 4.20. The molecule has 3 N–H and O–H groups in total. The van der Waals surface area contributed by atoms with Gasteiger partial charge in [0.25, 0.3) is 0 Å². The topological polar surface area (TPSA) is 65.9 Å². The third kappa shape index (κ3) is 12.9.